The zero-order valence-electron chi connectivity index (χ0n) is 11.3. The highest BCUT2D eigenvalue weighted by molar-refractivity contribution is 6.00. The number of rotatable bonds is 2. The van der Waals surface area contributed by atoms with Crippen LogP contribution in [0.25, 0.3) is 11.0 Å². The van der Waals surface area contributed by atoms with Gasteiger partial charge < -0.3 is 14.8 Å². The quantitative estimate of drug-likeness (QED) is 0.794. The number of carboxylic acids is 1. The van der Waals surface area contributed by atoms with Gasteiger partial charge in [0.05, 0.1) is 28.7 Å². The van der Waals surface area contributed by atoms with E-state index in [1.54, 1.807) is 12.1 Å². The first-order chi connectivity index (χ1) is 10.0. The van der Waals surface area contributed by atoms with Crippen molar-refractivity contribution in [3.8, 4) is 0 Å². The number of nitrogens with zero attached hydrogens (tertiary/aromatic N) is 1. The van der Waals surface area contributed by atoms with E-state index < -0.39 is 17.1 Å². The Bertz CT molecular complexity index is 835. The van der Waals surface area contributed by atoms with Gasteiger partial charge in [0, 0.05) is 6.61 Å². The number of carboxylic acid groups (broad SMARTS) is 1. The van der Waals surface area contributed by atoms with Gasteiger partial charge in [-0.05, 0) is 25.5 Å². The van der Waals surface area contributed by atoms with Crippen molar-refractivity contribution in [1.29, 1.82) is 0 Å². The SMILES string of the molecule is CC1OCCC1n1c(=O)c(=O)[nH]c2c(C(=O)O)cccc21. The average Bonchev–Trinajstić information content (AvgIpc) is 2.85. The highest BCUT2D eigenvalue weighted by atomic mass is 16.5. The normalized spacial score (nSPS) is 21.8. The summed E-state index contributed by atoms with van der Waals surface area (Å²) in [6, 6.07) is 4.31. The fourth-order valence-electron chi connectivity index (χ4n) is 2.83. The zero-order valence-corrected chi connectivity index (χ0v) is 11.3. The molecule has 1 aliphatic rings. The molecule has 2 N–H and O–H groups in total. The van der Waals surface area contributed by atoms with Crippen molar-refractivity contribution in [2.75, 3.05) is 6.61 Å². The molecule has 2 aromatic rings. The molecule has 7 heteroatoms. The van der Waals surface area contributed by atoms with E-state index in [2.05, 4.69) is 4.98 Å². The van der Waals surface area contributed by atoms with Gasteiger partial charge in [0.15, 0.2) is 0 Å². The van der Waals surface area contributed by atoms with Crippen molar-refractivity contribution < 1.29 is 14.6 Å². The zero-order chi connectivity index (χ0) is 15.1. The first-order valence-corrected chi connectivity index (χ1v) is 6.63. The molecule has 1 aromatic carbocycles. The van der Waals surface area contributed by atoms with Crippen molar-refractivity contribution in [3.63, 3.8) is 0 Å². The molecule has 2 atom stereocenters. The molecular formula is C14H14N2O5. The number of fused-ring (bicyclic) bond motifs is 1. The highest BCUT2D eigenvalue weighted by Gasteiger charge is 2.29. The van der Waals surface area contributed by atoms with Crippen LogP contribution in [0.4, 0.5) is 0 Å². The lowest BCUT2D eigenvalue weighted by molar-refractivity contribution is 0.0698. The number of ether oxygens (including phenoxy) is 1. The number of aromatic amines is 1. The van der Waals surface area contributed by atoms with Gasteiger partial charge in [-0.25, -0.2) is 4.79 Å². The lowest BCUT2D eigenvalue weighted by atomic mass is 10.1. The van der Waals surface area contributed by atoms with Crippen LogP contribution in [0.2, 0.25) is 0 Å². The highest BCUT2D eigenvalue weighted by Crippen LogP contribution is 2.27. The van der Waals surface area contributed by atoms with E-state index in [0.717, 1.165) is 0 Å². The molecule has 0 spiro atoms. The van der Waals surface area contributed by atoms with Crippen molar-refractivity contribution in [2.24, 2.45) is 0 Å². The van der Waals surface area contributed by atoms with Gasteiger partial charge in [0.25, 0.3) is 0 Å². The Morgan fingerprint density at radius 1 is 1.43 bits per heavy atom. The van der Waals surface area contributed by atoms with Crippen LogP contribution >= 0.6 is 0 Å². The summed E-state index contributed by atoms with van der Waals surface area (Å²) in [6.45, 7) is 2.34. The number of H-pyrrole nitrogens is 1. The first-order valence-electron chi connectivity index (χ1n) is 6.63. The minimum atomic E-state index is -1.16. The van der Waals surface area contributed by atoms with Crippen LogP contribution in [0.1, 0.15) is 29.7 Å². The third-order valence-electron chi connectivity index (χ3n) is 3.85. The second-order valence-electron chi connectivity index (χ2n) is 5.07. The van der Waals surface area contributed by atoms with Crippen LogP contribution in [0, 0.1) is 0 Å². The Kier molecular flexibility index (Phi) is 3.13. The van der Waals surface area contributed by atoms with Gasteiger partial charge in [0.2, 0.25) is 0 Å². The topological polar surface area (TPSA) is 101 Å². The number of carbonyl (C=O) groups is 1. The fraction of sp³-hybridized carbons (Fsp3) is 0.357. The second-order valence-corrected chi connectivity index (χ2v) is 5.07. The van der Waals surface area contributed by atoms with E-state index in [0.29, 0.717) is 18.5 Å². The van der Waals surface area contributed by atoms with Crippen LogP contribution in [0.5, 0.6) is 0 Å². The maximum absolute atomic E-state index is 12.2. The molecule has 0 aliphatic carbocycles. The minimum Gasteiger partial charge on any atom is -0.478 e. The standard InChI is InChI=1S/C14H14N2O5/c1-7-9(5-6-21-7)16-10-4-2-3-8(14(19)20)11(10)15-12(17)13(16)18/h2-4,7,9H,5-6H2,1H3,(H,15,17)(H,19,20). The summed E-state index contributed by atoms with van der Waals surface area (Å²) in [4.78, 5) is 37.7. The molecule has 0 saturated carbocycles. The summed E-state index contributed by atoms with van der Waals surface area (Å²) in [5.74, 6) is -1.16. The fourth-order valence-corrected chi connectivity index (χ4v) is 2.83. The molecule has 1 fully saturated rings. The van der Waals surface area contributed by atoms with E-state index in [9.17, 15) is 19.5 Å². The summed E-state index contributed by atoms with van der Waals surface area (Å²) in [6.07, 6.45) is 0.401. The van der Waals surface area contributed by atoms with Gasteiger partial charge in [-0.1, -0.05) is 6.07 Å². The molecule has 0 bridgehead atoms. The summed E-state index contributed by atoms with van der Waals surface area (Å²) in [5, 5.41) is 9.22. The summed E-state index contributed by atoms with van der Waals surface area (Å²) >= 11 is 0. The maximum Gasteiger partial charge on any atom is 0.337 e. The van der Waals surface area contributed by atoms with Crippen LogP contribution < -0.4 is 11.1 Å². The number of benzene rings is 1. The number of aromatic carboxylic acids is 1. The van der Waals surface area contributed by atoms with E-state index in [1.165, 1.54) is 10.6 Å². The third-order valence-corrected chi connectivity index (χ3v) is 3.85. The first kappa shape index (κ1) is 13.6. The van der Waals surface area contributed by atoms with Gasteiger partial charge in [-0.3, -0.25) is 14.2 Å². The van der Waals surface area contributed by atoms with Gasteiger partial charge >= 0.3 is 17.1 Å². The Morgan fingerprint density at radius 2 is 2.19 bits per heavy atom. The number of nitrogens with one attached hydrogen (secondary N) is 1. The average molecular weight is 290 g/mol. The van der Waals surface area contributed by atoms with E-state index >= 15 is 0 Å². The van der Waals surface area contributed by atoms with Gasteiger partial charge in [-0.15, -0.1) is 0 Å². The number of para-hydroxylation sites is 1. The summed E-state index contributed by atoms with van der Waals surface area (Å²) in [5.41, 5.74) is -0.983. The smallest absolute Gasteiger partial charge is 0.337 e. The molecule has 0 amide bonds. The van der Waals surface area contributed by atoms with Crippen LogP contribution in [-0.4, -0.2) is 33.3 Å². The summed E-state index contributed by atoms with van der Waals surface area (Å²) in [7, 11) is 0. The number of hydrogen-bond donors (Lipinski definition) is 2. The molecule has 3 rings (SSSR count). The third kappa shape index (κ3) is 2.06. The van der Waals surface area contributed by atoms with Crippen molar-refractivity contribution >= 4 is 17.0 Å². The molecule has 7 nitrogen and oxygen atoms in total. The Morgan fingerprint density at radius 3 is 2.81 bits per heavy atom. The van der Waals surface area contributed by atoms with E-state index in [1.807, 2.05) is 6.92 Å². The molecule has 1 aromatic heterocycles. The maximum atomic E-state index is 12.2. The van der Waals surface area contributed by atoms with Gasteiger partial charge in [-0.2, -0.15) is 0 Å². The van der Waals surface area contributed by atoms with Gasteiger partial charge in [0.1, 0.15) is 0 Å². The lowest BCUT2D eigenvalue weighted by Crippen LogP contribution is -2.40. The van der Waals surface area contributed by atoms with Crippen LogP contribution in [0.15, 0.2) is 27.8 Å². The number of hydrogen-bond acceptors (Lipinski definition) is 4. The number of aromatic nitrogens is 2. The predicted octanol–water partition coefficient (Wildman–Crippen LogP) is 0.738. The molecule has 0 radical (unpaired) electrons. The Labute approximate surface area is 118 Å². The monoisotopic (exact) mass is 290 g/mol. The predicted molar refractivity (Wildman–Crippen MR) is 74.9 cm³/mol. The lowest BCUT2D eigenvalue weighted by Gasteiger charge is -2.19. The Balaban J connectivity index is 2.40. The molecule has 2 heterocycles. The minimum absolute atomic E-state index is 0.0371. The second kappa shape index (κ2) is 4.85. The molecule has 110 valence electrons. The van der Waals surface area contributed by atoms with E-state index in [4.69, 9.17) is 4.74 Å². The molecule has 1 aliphatic heterocycles. The van der Waals surface area contributed by atoms with Crippen molar-refractivity contribution in [1.82, 2.24) is 9.55 Å². The molecule has 1 saturated heterocycles. The van der Waals surface area contributed by atoms with E-state index in [-0.39, 0.29) is 23.2 Å². The largest absolute Gasteiger partial charge is 0.478 e. The molecule has 2 unspecified atom stereocenters. The van der Waals surface area contributed by atoms with Crippen LogP contribution in [-0.2, 0) is 4.74 Å². The Hall–Kier alpha value is -2.41. The molecular weight excluding hydrogens is 276 g/mol. The van der Waals surface area contributed by atoms with Crippen molar-refractivity contribution in [3.05, 3.63) is 44.5 Å². The van der Waals surface area contributed by atoms with Crippen LogP contribution in [0.3, 0.4) is 0 Å². The summed E-state index contributed by atoms with van der Waals surface area (Å²) < 4.78 is 6.81. The molecule has 21 heavy (non-hydrogen) atoms. The van der Waals surface area contributed by atoms with Crippen molar-refractivity contribution in [2.45, 2.75) is 25.5 Å².